The van der Waals surface area contributed by atoms with E-state index >= 15 is 0 Å². The average Bonchev–Trinajstić information content (AvgIpc) is 2.14. The molecule has 3 nitrogen and oxygen atoms in total. The maximum absolute atomic E-state index is 13.2. The summed E-state index contributed by atoms with van der Waals surface area (Å²) >= 11 is 0. The van der Waals surface area contributed by atoms with E-state index < -0.39 is 0 Å². The summed E-state index contributed by atoms with van der Waals surface area (Å²) in [6, 6.07) is 6.77. The molecule has 0 aromatic heterocycles. The predicted molar refractivity (Wildman–Crippen MR) is 56.2 cm³/mol. The van der Waals surface area contributed by atoms with Gasteiger partial charge in [0, 0.05) is 25.8 Å². The van der Waals surface area contributed by atoms with Crippen molar-refractivity contribution in [3.8, 4) is 6.07 Å². The Balaban J connectivity index is 2.27. The molecule has 0 aliphatic carbocycles. The Morgan fingerprint density at radius 2 is 2.20 bits per heavy atom. The van der Waals surface area contributed by atoms with Gasteiger partial charge in [0.15, 0.2) is 0 Å². The molecule has 1 N–H and O–H groups in total. The molecule has 1 aliphatic heterocycles. The van der Waals surface area contributed by atoms with E-state index in [1.807, 2.05) is 18.0 Å². The Kier molecular flexibility index (Phi) is 2.57. The standard InChI is InChI=1S/C11H12FN3/c1-15(11-6-14-7-11)10-3-8(5-13)2-9(12)4-10/h2-4,11,14H,6-7H2,1H3. The van der Waals surface area contributed by atoms with E-state index in [9.17, 15) is 4.39 Å². The molecule has 1 aromatic carbocycles. The zero-order valence-electron chi connectivity index (χ0n) is 8.50. The molecule has 4 heteroatoms. The minimum Gasteiger partial charge on any atom is -0.369 e. The van der Waals surface area contributed by atoms with Gasteiger partial charge in [-0.15, -0.1) is 0 Å². The first kappa shape index (κ1) is 9.94. The van der Waals surface area contributed by atoms with Gasteiger partial charge in [0.25, 0.3) is 0 Å². The molecule has 1 aromatic rings. The Labute approximate surface area is 88.1 Å². The molecule has 15 heavy (non-hydrogen) atoms. The molecule has 78 valence electrons. The molecule has 1 aliphatic rings. The summed E-state index contributed by atoms with van der Waals surface area (Å²) in [5.41, 5.74) is 1.13. The number of nitriles is 1. The summed E-state index contributed by atoms with van der Waals surface area (Å²) in [6.07, 6.45) is 0. The first-order valence-electron chi connectivity index (χ1n) is 4.85. The van der Waals surface area contributed by atoms with Crippen molar-refractivity contribution in [2.75, 3.05) is 25.0 Å². The number of hydrogen-bond acceptors (Lipinski definition) is 3. The SMILES string of the molecule is CN(c1cc(F)cc(C#N)c1)C1CNC1. The van der Waals surface area contributed by atoms with Crippen molar-refractivity contribution in [1.82, 2.24) is 5.32 Å². The van der Waals surface area contributed by atoms with Crippen LogP contribution in [-0.2, 0) is 0 Å². The molecule has 0 unspecified atom stereocenters. The molecule has 0 spiro atoms. The highest BCUT2D eigenvalue weighted by Gasteiger charge is 2.22. The third-order valence-electron chi connectivity index (χ3n) is 2.73. The maximum atomic E-state index is 13.2. The predicted octanol–water partition coefficient (Wildman–Crippen LogP) is 1.11. The van der Waals surface area contributed by atoms with Crippen molar-refractivity contribution >= 4 is 5.69 Å². The van der Waals surface area contributed by atoms with E-state index in [0.29, 0.717) is 11.6 Å². The first-order chi connectivity index (χ1) is 7.20. The van der Waals surface area contributed by atoms with Crippen molar-refractivity contribution < 1.29 is 4.39 Å². The maximum Gasteiger partial charge on any atom is 0.126 e. The third kappa shape index (κ3) is 1.92. The van der Waals surface area contributed by atoms with Gasteiger partial charge in [-0.1, -0.05) is 0 Å². The van der Waals surface area contributed by atoms with Crippen molar-refractivity contribution in [3.05, 3.63) is 29.6 Å². The molecular formula is C11H12FN3. The minimum absolute atomic E-state index is 0.358. The fourth-order valence-electron chi connectivity index (χ4n) is 1.60. The van der Waals surface area contributed by atoms with Crippen LogP contribution in [0, 0.1) is 17.1 Å². The van der Waals surface area contributed by atoms with E-state index in [-0.39, 0.29) is 5.82 Å². The first-order valence-corrected chi connectivity index (χ1v) is 4.85. The van der Waals surface area contributed by atoms with Crippen LogP contribution < -0.4 is 10.2 Å². The topological polar surface area (TPSA) is 39.1 Å². The normalized spacial score (nSPS) is 15.5. The summed E-state index contributed by atoms with van der Waals surface area (Å²) < 4.78 is 13.2. The van der Waals surface area contributed by atoms with E-state index in [0.717, 1.165) is 18.8 Å². The Hall–Kier alpha value is -1.60. The van der Waals surface area contributed by atoms with Gasteiger partial charge in [-0.2, -0.15) is 5.26 Å². The lowest BCUT2D eigenvalue weighted by atomic mass is 10.1. The zero-order chi connectivity index (χ0) is 10.8. The molecule has 2 rings (SSSR count). The number of anilines is 1. The largest absolute Gasteiger partial charge is 0.369 e. The number of rotatable bonds is 2. The van der Waals surface area contributed by atoms with Crippen molar-refractivity contribution in [2.45, 2.75) is 6.04 Å². The van der Waals surface area contributed by atoms with Gasteiger partial charge in [0.2, 0.25) is 0 Å². The molecule has 0 amide bonds. The van der Waals surface area contributed by atoms with Gasteiger partial charge in [-0.25, -0.2) is 4.39 Å². The quantitative estimate of drug-likeness (QED) is 0.786. The number of hydrogen-bond donors (Lipinski definition) is 1. The monoisotopic (exact) mass is 205 g/mol. The van der Waals surface area contributed by atoms with Crippen LogP contribution >= 0.6 is 0 Å². The summed E-state index contributed by atoms with van der Waals surface area (Å²) in [5.74, 6) is -0.358. The van der Waals surface area contributed by atoms with Crippen LogP contribution in [0.2, 0.25) is 0 Å². The van der Waals surface area contributed by atoms with Gasteiger partial charge in [0.05, 0.1) is 17.7 Å². The molecule has 0 radical (unpaired) electrons. The van der Waals surface area contributed by atoms with Crippen molar-refractivity contribution in [2.24, 2.45) is 0 Å². The molecule has 1 saturated heterocycles. The van der Waals surface area contributed by atoms with Crippen LogP contribution in [0.3, 0.4) is 0 Å². The van der Waals surface area contributed by atoms with Crippen LogP contribution in [0.25, 0.3) is 0 Å². The number of nitrogens with zero attached hydrogens (tertiary/aromatic N) is 2. The van der Waals surface area contributed by atoms with E-state index in [4.69, 9.17) is 5.26 Å². The summed E-state index contributed by atoms with van der Waals surface area (Å²) in [4.78, 5) is 2.00. The summed E-state index contributed by atoms with van der Waals surface area (Å²) in [7, 11) is 1.92. The van der Waals surface area contributed by atoms with Gasteiger partial charge in [-0.3, -0.25) is 0 Å². The lowest BCUT2D eigenvalue weighted by Crippen LogP contribution is -2.56. The fourth-order valence-corrected chi connectivity index (χ4v) is 1.60. The van der Waals surface area contributed by atoms with Gasteiger partial charge < -0.3 is 10.2 Å². The molecule has 0 saturated carbocycles. The Morgan fingerprint density at radius 1 is 1.47 bits per heavy atom. The lowest BCUT2D eigenvalue weighted by Gasteiger charge is -2.37. The molecule has 0 atom stereocenters. The van der Waals surface area contributed by atoms with Gasteiger partial charge >= 0.3 is 0 Å². The second-order valence-electron chi connectivity index (χ2n) is 3.73. The highest BCUT2D eigenvalue weighted by molar-refractivity contribution is 5.52. The highest BCUT2D eigenvalue weighted by atomic mass is 19.1. The average molecular weight is 205 g/mol. The second kappa shape index (κ2) is 3.87. The van der Waals surface area contributed by atoms with Crippen LogP contribution in [0.5, 0.6) is 0 Å². The number of nitrogens with one attached hydrogen (secondary N) is 1. The van der Waals surface area contributed by atoms with E-state index in [1.165, 1.54) is 12.1 Å². The lowest BCUT2D eigenvalue weighted by molar-refractivity contribution is 0.428. The number of likely N-dealkylation sites (N-methyl/N-ethyl adjacent to an activating group) is 1. The van der Waals surface area contributed by atoms with Crippen LogP contribution in [0.15, 0.2) is 18.2 Å². The number of benzene rings is 1. The molecular weight excluding hydrogens is 193 g/mol. The Morgan fingerprint density at radius 3 is 2.73 bits per heavy atom. The third-order valence-corrected chi connectivity index (χ3v) is 2.73. The van der Waals surface area contributed by atoms with Crippen LogP contribution in [0.4, 0.5) is 10.1 Å². The Bertz CT molecular complexity index is 407. The summed E-state index contributed by atoms with van der Waals surface area (Å²) in [5, 5.41) is 11.9. The zero-order valence-corrected chi connectivity index (χ0v) is 8.50. The smallest absolute Gasteiger partial charge is 0.126 e. The highest BCUT2D eigenvalue weighted by Crippen LogP contribution is 2.20. The molecule has 1 fully saturated rings. The second-order valence-corrected chi connectivity index (χ2v) is 3.73. The molecule has 1 heterocycles. The minimum atomic E-state index is -0.358. The van der Waals surface area contributed by atoms with E-state index in [2.05, 4.69) is 5.32 Å². The molecule has 0 bridgehead atoms. The van der Waals surface area contributed by atoms with Gasteiger partial charge in [-0.05, 0) is 18.2 Å². The van der Waals surface area contributed by atoms with Crippen LogP contribution in [-0.4, -0.2) is 26.2 Å². The summed E-state index contributed by atoms with van der Waals surface area (Å²) in [6.45, 7) is 1.82. The van der Waals surface area contributed by atoms with Gasteiger partial charge in [0.1, 0.15) is 5.82 Å². The van der Waals surface area contributed by atoms with Crippen LogP contribution in [0.1, 0.15) is 5.56 Å². The van der Waals surface area contributed by atoms with Crippen molar-refractivity contribution in [3.63, 3.8) is 0 Å². The fraction of sp³-hybridized carbons (Fsp3) is 0.364. The van der Waals surface area contributed by atoms with Crippen molar-refractivity contribution in [1.29, 1.82) is 5.26 Å². The van der Waals surface area contributed by atoms with E-state index in [1.54, 1.807) is 6.07 Å². The number of halogens is 1.